The van der Waals surface area contributed by atoms with Crippen LogP contribution in [0.3, 0.4) is 0 Å². The first-order valence-electron chi connectivity index (χ1n) is 13.8. The molecule has 6 aliphatic rings. The number of fused-ring (bicyclic) bond motifs is 3. The first kappa shape index (κ1) is 22.0. The number of rotatable bonds is 2. The van der Waals surface area contributed by atoms with E-state index in [1.54, 1.807) is 0 Å². The minimum Gasteiger partial charge on any atom is -0.390 e. The van der Waals surface area contributed by atoms with Crippen molar-refractivity contribution >= 4 is 16.5 Å². The van der Waals surface area contributed by atoms with Gasteiger partial charge in [0.05, 0.1) is 28.9 Å². The SMILES string of the molecule is Cc1[nH]nc2ccc(C3=CCC4[C@]3(C)CC=C3C5CC56[C@@H](O)[C@H](O)[C@@H](N(C)C)C[C@]65CC[C@@]34O5)cc12. The Balaban J connectivity index is 1.21. The van der Waals surface area contributed by atoms with E-state index >= 15 is 0 Å². The van der Waals surface area contributed by atoms with Gasteiger partial charge in [-0.1, -0.05) is 25.1 Å². The van der Waals surface area contributed by atoms with Crippen LogP contribution in [0.4, 0.5) is 0 Å². The zero-order chi connectivity index (χ0) is 24.8. The van der Waals surface area contributed by atoms with E-state index in [-0.39, 0.29) is 28.1 Å². The van der Waals surface area contributed by atoms with Crippen LogP contribution in [-0.4, -0.2) is 68.9 Å². The van der Waals surface area contributed by atoms with Gasteiger partial charge in [0.1, 0.15) is 0 Å². The van der Waals surface area contributed by atoms with E-state index in [9.17, 15) is 10.2 Å². The Bertz CT molecular complexity index is 1380. The fraction of sp³-hybridized carbons (Fsp3) is 0.633. The van der Waals surface area contributed by atoms with Gasteiger partial charge in [-0.3, -0.25) is 5.10 Å². The van der Waals surface area contributed by atoms with Gasteiger partial charge in [-0.2, -0.15) is 5.10 Å². The molecule has 3 spiro atoms. The molecule has 4 aliphatic carbocycles. The molecule has 2 saturated heterocycles. The maximum Gasteiger partial charge on any atom is 0.0961 e. The smallest absolute Gasteiger partial charge is 0.0961 e. The molecular formula is C30H37N3O3. The Hall–Kier alpha value is -1.99. The minimum atomic E-state index is -0.726. The van der Waals surface area contributed by atoms with Gasteiger partial charge in [0.15, 0.2) is 0 Å². The van der Waals surface area contributed by atoms with Crippen LogP contribution in [0, 0.1) is 29.6 Å². The highest BCUT2D eigenvalue weighted by atomic mass is 16.5. The molecule has 3 unspecified atom stereocenters. The summed E-state index contributed by atoms with van der Waals surface area (Å²) in [5, 5.41) is 31.4. The van der Waals surface area contributed by atoms with Gasteiger partial charge in [-0.15, -0.1) is 0 Å². The molecule has 1 aromatic heterocycles. The van der Waals surface area contributed by atoms with Crippen molar-refractivity contribution in [1.82, 2.24) is 15.1 Å². The van der Waals surface area contributed by atoms with Crippen molar-refractivity contribution in [1.29, 1.82) is 0 Å². The molecule has 0 amide bonds. The van der Waals surface area contributed by atoms with Crippen molar-refractivity contribution in [2.24, 2.45) is 22.7 Å². The van der Waals surface area contributed by atoms with Crippen LogP contribution in [0.1, 0.15) is 56.7 Å². The third-order valence-corrected chi connectivity index (χ3v) is 11.7. The molecular weight excluding hydrogens is 450 g/mol. The van der Waals surface area contributed by atoms with E-state index in [4.69, 9.17) is 4.74 Å². The average Bonchev–Trinajstić information content (AvgIpc) is 3.16. The Morgan fingerprint density at radius 2 is 1.97 bits per heavy atom. The molecule has 9 atom stereocenters. The highest BCUT2D eigenvalue weighted by Crippen LogP contribution is 2.81. The fourth-order valence-electron chi connectivity index (χ4n) is 9.94. The molecule has 0 radical (unpaired) electrons. The summed E-state index contributed by atoms with van der Waals surface area (Å²) in [6.45, 7) is 4.55. The first-order chi connectivity index (χ1) is 17.2. The molecule has 2 aromatic rings. The Morgan fingerprint density at radius 1 is 1.14 bits per heavy atom. The number of aryl methyl sites for hydroxylation is 1. The molecule has 2 aliphatic heterocycles. The first-order valence-corrected chi connectivity index (χ1v) is 13.8. The van der Waals surface area contributed by atoms with Crippen molar-refractivity contribution in [3.8, 4) is 0 Å². The Kier molecular flexibility index (Phi) is 3.99. The van der Waals surface area contributed by atoms with Crippen LogP contribution in [-0.2, 0) is 4.74 Å². The number of nitrogens with zero attached hydrogens (tertiary/aromatic N) is 2. The molecule has 6 nitrogen and oxygen atoms in total. The summed E-state index contributed by atoms with van der Waals surface area (Å²) in [6.07, 6.45) is 9.34. The number of allylic oxidation sites excluding steroid dienone is 3. The van der Waals surface area contributed by atoms with E-state index in [2.05, 4.69) is 59.3 Å². The van der Waals surface area contributed by atoms with E-state index in [1.165, 1.54) is 22.1 Å². The third kappa shape index (κ3) is 2.25. The van der Waals surface area contributed by atoms with E-state index in [0.717, 1.165) is 49.7 Å². The second-order valence-corrected chi connectivity index (χ2v) is 13.2. The highest BCUT2D eigenvalue weighted by Gasteiger charge is 2.84. The number of nitrogens with one attached hydrogen (secondary N) is 1. The van der Waals surface area contributed by atoms with Crippen molar-refractivity contribution in [2.45, 2.75) is 81.8 Å². The number of aliphatic hydroxyl groups excluding tert-OH is 2. The van der Waals surface area contributed by atoms with Gasteiger partial charge in [-0.05, 0) is 94.3 Å². The van der Waals surface area contributed by atoms with Crippen LogP contribution in [0.25, 0.3) is 16.5 Å². The normalized spacial score (nSPS) is 48.2. The lowest BCUT2D eigenvalue weighted by atomic mass is 9.57. The Morgan fingerprint density at radius 3 is 2.78 bits per heavy atom. The second-order valence-electron chi connectivity index (χ2n) is 13.2. The van der Waals surface area contributed by atoms with Crippen LogP contribution >= 0.6 is 0 Å². The predicted molar refractivity (Wildman–Crippen MR) is 138 cm³/mol. The minimum absolute atomic E-state index is 0.0168. The summed E-state index contributed by atoms with van der Waals surface area (Å²) in [5.74, 6) is 0.751. The molecule has 8 rings (SSSR count). The van der Waals surface area contributed by atoms with Crippen LogP contribution in [0.5, 0.6) is 0 Å². The molecule has 4 fully saturated rings. The molecule has 3 heterocycles. The molecule has 3 N–H and O–H groups in total. The summed E-state index contributed by atoms with van der Waals surface area (Å²) in [4.78, 5) is 2.08. The van der Waals surface area contributed by atoms with Crippen molar-refractivity contribution in [3.63, 3.8) is 0 Å². The topological polar surface area (TPSA) is 81.6 Å². The van der Waals surface area contributed by atoms with E-state index in [0.29, 0.717) is 11.8 Å². The molecule has 1 aromatic carbocycles. The average molecular weight is 488 g/mol. The zero-order valence-corrected chi connectivity index (χ0v) is 21.7. The lowest BCUT2D eigenvalue weighted by molar-refractivity contribution is -0.248. The maximum absolute atomic E-state index is 11.5. The highest BCUT2D eigenvalue weighted by molar-refractivity contribution is 5.87. The van der Waals surface area contributed by atoms with Crippen molar-refractivity contribution < 1.29 is 14.9 Å². The second kappa shape index (κ2) is 6.52. The summed E-state index contributed by atoms with van der Waals surface area (Å²) < 4.78 is 7.45. The van der Waals surface area contributed by atoms with Crippen LogP contribution in [0.15, 0.2) is 35.9 Å². The number of ether oxygens (including phenoxy) is 1. The zero-order valence-electron chi connectivity index (χ0n) is 21.7. The van der Waals surface area contributed by atoms with Gasteiger partial charge in [0.2, 0.25) is 0 Å². The number of hydrogen-bond donors (Lipinski definition) is 3. The lowest BCUT2D eigenvalue weighted by Gasteiger charge is -2.59. The van der Waals surface area contributed by atoms with Crippen molar-refractivity contribution in [2.75, 3.05) is 14.1 Å². The molecule has 2 bridgehead atoms. The molecule has 36 heavy (non-hydrogen) atoms. The predicted octanol–water partition coefficient (Wildman–Crippen LogP) is 3.97. The monoisotopic (exact) mass is 487 g/mol. The maximum atomic E-state index is 11.5. The fourth-order valence-corrected chi connectivity index (χ4v) is 9.94. The summed E-state index contributed by atoms with van der Waals surface area (Å²) in [5.41, 5.74) is 5.46. The molecule has 190 valence electrons. The molecule has 6 heteroatoms. The third-order valence-electron chi connectivity index (χ3n) is 11.7. The number of aliphatic hydroxyl groups is 2. The van der Waals surface area contributed by atoms with Crippen molar-refractivity contribution in [3.05, 3.63) is 47.2 Å². The van der Waals surface area contributed by atoms with E-state index in [1.807, 2.05) is 14.1 Å². The lowest BCUT2D eigenvalue weighted by Crippen LogP contribution is -2.67. The van der Waals surface area contributed by atoms with Gasteiger partial charge in [0, 0.05) is 33.9 Å². The number of likely N-dealkylation sites (N-methyl/N-ethyl adjacent to an activating group) is 1. The molecule has 2 saturated carbocycles. The summed E-state index contributed by atoms with van der Waals surface area (Å²) in [7, 11) is 4.03. The number of hydrogen-bond acceptors (Lipinski definition) is 5. The number of aromatic nitrogens is 2. The van der Waals surface area contributed by atoms with Gasteiger partial charge in [-0.25, -0.2) is 0 Å². The number of benzene rings is 1. The van der Waals surface area contributed by atoms with Gasteiger partial charge >= 0.3 is 0 Å². The van der Waals surface area contributed by atoms with Gasteiger partial charge < -0.3 is 19.8 Å². The summed E-state index contributed by atoms with van der Waals surface area (Å²) >= 11 is 0. The van der Waals surface area contributed by atoms with E-state index < -0.39 is 12.2 Å². The summed E-state index contributed by atoms with van der Waals surface area (Å²) in [6, 6.07) is 6.62. The standard InChI is InChI=1S/C30H37N3O3/c1-16-18-13-17(5-7-22(18)32-31-16)19-6-8-24-27(19,2)10-9-20-21-14-29(21)26(35)25(34)23(33(3)4)15-28(29)11-12-30(20,24)36-28/h5-7,9,13,21,23-26,34-35H,8,10-12,14-15H2,1-4H3,(H,31,32)/t21?,23-,24?,25+,26-,27+,28+,29?,30+/m0/s1. The largest absolute Gasteiger partial charge is 0.390 e. The van der Waals surface area contributed by atoms with Crippen LogP contribution < -0.4 is 0 Å². The van der Waals surface area contributed by atoms with Gasteiger partial charge in [0.25, 0.3) is 0 Å². The Labute approximate surface area is 212 Å². The quantitative estimate of drug-likeness (QED) is 0.559. The van der Waals surface area contributed by atoms with Crippen LogP contribution in [0.2, 0.25) is 0 Å². The number of H-pyrrole nitrogens is 1. The number of aromatic amines is 1.